The predicted molar refractivity (Wildman–Crippen MR) is 176 cm³/mol. The van der Waals surface area contributed by atoms with Crippen LogP contribution in [0, 0.1) is 17.1 Å². The zero-order valence-corrected chi connectivity index (χ0v) is 26.2. The number of thiazole rings is 1. The first kappa shape index (κ1) is 32.6. The van der Waals surface area contributed by atoms with Gasteiger partial charge >= 0.3 is 6.18 Å². The second-order valence-corrected chi connectivity index (χ2v) is 12.2. The molecule has 0 spiro atoms. The summed E-state index contributed by atoms with van der Waals surface area (Å²) in [5, 5.41) is 10.3. The summed E-state index contributed by atoms with van der Waals surface area (Å²) in [5.74, 6) is -1.26. The minimum absolute atomic E-state index is 0.0634. The average Bonchev–Trinajstić information content (AvgIpc) is 3.40. The SMILES string of the molecule is N#C/C(C(=O)N1CCN(C(c2ccccc2)c2ccccc2)CC1)=c1\s/c(=C\c2cccc(F)c2)c(=O)n1-c1ccccc1C(F)(F)F. The maximum atomic E-state index is 14.2. The maximum Gasteiger partial charge on any atom is 0.418 e. The zero-order chi connectivity index (χ0) is 33.8. The summed E-state index contributed by atoms with van der Waals surface area (Å²) in [4.78, 5) is 31.5. The van der Waals surface area contributed by atoms with Gasteiger partial charge in [-0.25, -0.2) is 4.39 Å². The Morgan fingerprint density at radius 3 is 2.02 bits per heavy atom. The van der Waals surface area contributed by atoms with Crippen molar-refractivity contribution < 1.29 is 22.4 Å². The van der Waals surface area contributed by atoms with Crippen LogP contribution in [0.25, 0.3) is 17.3 Å². The van der Waals surface area contributed by atoms with Crippen molar-refractivity contribution in [3.63, 3.8) is 0 Å². The van der Waals surface area contributed by atoms with E-state index in [1.165, 1.54) is 47.4 Å². The summed E-state index contributed by atoms with van der Waals surface area (Å²) in [6, 6.07) is 31.6. The van der Waals surface area contributed by atoms with Crippen molar-refractivity contribution in [3.05, 3.63) is 157 Å². The zero-order valence-electron chi connectivity index (χ0n) is 25.4. The lowest BCUT2D eigenvalue weighted by atomic mass is 9.96. The molecule has 1 amide bonds. The number of nitrogens with zero attached hydrogens (tertiary/aromatic N) is 4. The van der Waals surface area contributed by atoms with Gasteiger partial charge in [-0.05, 0) is 47.0 Å². The van der Waals surface area contributed by atoms with Crippen molar-refractivity contribution in [1.82, 2.24) is 14.4 Å². The molecule has 2 heterocycles. The molecule has 0 aliphatic carbocycles. The molecule has 0 unspecified atom stereocenters. The molecule has 6 nitrogen and oxygen atoms in total. The number of aromatic nitrogens is 1. The Balaban J connectivity index is 1.42. The van der Waals surface area contributed by atoms with Gasteiger partial charge in [0, 0.05) is 26.2 Å². The number of halogens is 4. The van der Waals surface area contributed by atoms with E-state index in [4.69, 9.17) is 0 Å². The molecule has 6 rings (SSSR count). The highest BCUT2D eigenvalue weighted by Crippen LogP contribution is 2.33. The van der Waals surface area contributed by atoms with Crippen molar-refractivity contribution >= 4 is 28.9 Å². The minimum Gasteiger partial charge on any atom is -0.335 e. The van der Waals surface area contributed by atoms with Crippen molar-refractivity contribution in [2.45, 2.75) is 12.2 Å². The molecule has 5 aromatic rings. The molecule has 4 aromatic carbocycles. The molecular weight excluding hydrogens is 640 g/mol. The van der Waals surface area contributed by atoms with Gasteiger partial charge in [0.05, 0.1) is 21.8 Å². The number of piperazine rings is 1. The Hall–Kier alpha value is -5.31. The average molecular weight is 669 g/mol. The van der Waals surface area contributed by atoms with E-state index in [-0.39, 0.29) is 28.3 Å². The Morgan fingerprint density at radius 2 is 1.44 bits per heavy atom. The molecule has 0 radical (unpaired) electrons. The number of amides is 1. The summed E-state index contributed by atoms with van der Waals surface area (Å²) >= 11 is 0.714. The van der Waals surface area contributed by atoms with Crippen LogP contribution in [0.2, 0.25) is 0 Å². The molecule has 1 aliphatic heterocycles. The van der Waals surface area contributed by atoms with Crippen LogP contribution in [0.1, 0.15) is 28.3 Å². The number of nitriles is 1. The Labute approximate surface area is 277 Å². The Kier molecular flexibility index (Phi) is 9.39. The molecule has 1 fully saturated rings. The van der Waals surface area contributed by atoms with Crippen LogP contribution in [0.4, 0.5) is 17.6 Å². The fourth-order valence-corrected chi connectivity index (χ4v) is 7.03. The first-order valence-electron chi connectivity index (χ1n) is 15.1. The number of hydrogen-bond acceptors (Lipinski definition) is 5. The van der Waals surface area contributed by atoms with Gasteiger partial charge in [-0.15, -0.1) is 11.3 Å². The molecule has 0 atom stereocenters. The monoisotopic (exact) mass is 668 g/mol. The Bertz CT molecular complexity index is 2130. The van der Waals surface area contributed by atoms with Gasteiger partial charge in [-0.2, -0.15) is 18.4 Å². The lowest BCUT2D eigenvalue weighted by Crippen LogP contribution is -2.50. The van der Waals surface area contributed by atoms with Crippen LogP contribution in [-0.4, -0.2) is 46.5 Å². The quantitative estimate of drug-likeness (QED) is 0.225. The lowest BCUT2D eigenvalue weighted by molar-refractivity contribution is -0.137. The molecular formula is C37H28F4N4O2S. The summed E-state index contributed by atoms with van der Waals surface area (Å²) in [5.41, 5.74) is -0.474. The number of carbonyl (C=O) groups is 1. The van der Waals surface area contributed by atoms with Crippen LogP contribution in [0.5, 0.6) is 0 Å². The third kappa shape index (κ3) is 6.72. The van der Waals surface area contributed by atoms with Crippen LogP contribution >= 0.6 is 11.3 Å². The smallest absolute Gasteiger partial charge is 0.335 e. The highest BCUT2D eigenvalue weighted by molar-refractivity contribution is 7.07. The van der Waals surface area contributed by atoms with E-state index in [2.05, 4.69) is 4.90 Å². The van der Waals surface area contributed by atoms with Crippen molar-refractivity contribution in [2.24, 2.45) is 0 Å². The second-order valence-electron chi connectivity index (χ2n) is 11.2. The van der Waals surface area contributed by atoms with E-state index in [1.54, 1.807) is 0 Å². The summed E-state index contributed by atoms with van der Waals surface area (Å²) in [6.45, 7) is 1.42. The van der Waals surface area contributed by atoms with Crippen LogP contribution in [-0.2, 0) is 11.0 Å². The molecule has 1 aliphatic rings. The molecule has 11 heteroatoms. The molecule has 1 saturated heterocycles. The first-order chi connectivity index (χ1) is 23.2. The van der Waals surface area contributed by atoms with Crippen molar-refractivity contribution in [3.8, 4) is 11.8 Å². The van der Waals surface area contributed by atoms with Crippen molar-refractivity contribution in [1.29, 1.82) is 5.26 Å². The van der Waals surface area contributed by atoms with E-state index in [0.29, 0.717) is 30.0 Å². The van der Waals surface area contributed by atoms with E-state index in [0.717, 1.165) is 27.8 Å². The fraction of sp³-hybridized carbons (Fsp3) is 0.162. The third-order valence-electron chi connectivity index (χ3n) is 8.16. The van der Waals surface area contributed by atoms with E-state index in [9.17, 15) is 32.4 Å². The number of carbonyl (C=O) groups excluding carboxylic acids is 1. The first-order valence-corrected chi connectivity index (χ1v) is 15.9. The van der Waals surface area contributed by atoms with Crippen molar-refractivity contribution in [2.75, 3.05) is 26.2 Å². The number of para-hydroxylation sites is 1. The number of benzene rings is 4. The summed E-state index contributed by atoms with van der Waals surface area (Å²) in [7, 11) is 0. The van der Waals surface area contributed by atoms with Gasteiger partial charge in [0.2, 0.25) is 0 Å². The van der Waals surface area contributed by atoms with Gasteiger partial charge in [0.15, 0.2) is 5.57 Å². The predicted octanol–water partition coefficient (Wildman–Crippen LogP) is 5.49. The molecule has 0 N–H and O–H groups in total. The lowest BCUT2D eigenvalue weighted by Gasteiger charge is -2.39. The maximum absolute atomic E-state index is 14.2. The number of rotatable bonds is 6. The van der Waals surface area contributed by atoms with Crippen LogP contribution in [0.15, 0.2) is 114 Å². The molecule has 0 saturated carbocycles. The topological polar surface area (TPSA) is 69.3 Å². The van der Waals surface area contributed by atoms with Crippen LogP contribution < -0.4 is 14.8 Å². The minimum atomic E-state index is -4.83. The molecule has 0 bridgehead atoms. The summed E-state index contributed by atoms with van der Waals surface area (Å²) < 4.78 is 56.9. The molecule has 1 aromatic heterocycles. The highest BCUT2D eigenvalue weighted by atomic mass is 32.1. The van der Waals surface area contributed by atoms with E-state index in [1.807, 2.05) is 66.7 Å². The highest BCUT2D eigenvalue weighted by Gasteiger charge is 2.35. The third-order valence-corrected chi connectivity index (χ3v) is 9.25. The van der Waals surface area contributed by atoms with Gasteiger partial charge in [0.25, 0.3) is 11.5 Å². The van der Waals surface area contributed by atoms with E-state index < -0.39 is 40.3 Å². The van der Waals surface area contributed by atoms with Gasteiger partial charge in [-0.1, -0.05) is 84.9 Å². The van der Waals surface area contributed by atoms with Gasteiger partial charge in [-0.3, -0.25) is 19.1 Å². The van der Waals surface area contributed by atoms with Gasteiger partial charge in [0.1, 0.15) is 16.5 Å². The number of hydrogen-bond donors (Lipinski definition) is 0. The largest absolute Gasteiger partial charge is 0.418 e. The fourth-order valence-electron chi connectivity index (χ4n) is 5.94. The molecule has 242 valence electrons. The molecule has 48 heavy (non-hydrogen) atoms. The van der Waals surface area contributed by atoms with Crippen LogP contribution in [0.3, 0.4) is 0 Å². The van der Waals surface area contributed by atoms with E-state index >= 15 is 0 Å². The number of alkyl halides is 3. The second kappa shape index (κ2) is 13.8. The standard InChI is InChI=1S/C37H28F4N4O2S/c38-28-15-9-10-25(22-28)23-32-35(47)45(31-17-8-7-16-30(31)37(39,40)41)36(48-32)29(24-42)34(46)44-20-18-43(19-21-44)33(26-11-3-1-4-12-26)27-13-5-2-6-14-27/h1-17,22-23,33H,18-21H2/b32-23-,36-29+. The van der Waals surface area contributed by atoms with Gasteiger partial charge < -0.3 is 4.90 Å². The summed E-state index contributed by atoms with van der Waals surface area (Å²) in [6.07, 6.45) is -3.50. The Morgan fingerprint density at radius 1 is 0.833 bits per heavy atom. The normalized spacial score (nSPS) is 15.0.